The highest BCUT2D eigenvalue weighted by molar-refractivity contribution is 6.04. The van der Waals surface area contributed by atoms with Crippen LogP contribution in [0.4, 0.5) is 0 Å². The molecule has 1 N–H and O–H groups in total. The largest absolute Gasteiger partial charge is 0.326 e. The van der Waals surface area contributed by atoms with Gasteiger partial charge in [-0.05, 0) is 6.07 Å². The Bertz CT molecular complexity index is 1290. The summed E-state index contributed by atoms with van der Waals surface area (Å²) in [4.78, 5) is 29.2. The third-order valence-electron chi connectivity index (χ3n) is 6.53. The summed E-state index contributed by atoms with van der Waals surface area (Å²) in [5, 5.41) is 5.47. The van der Waals surface area contributed by atoms with E-state index in [9.17, 15) is 9.59 Å². The van der Waals surface area contributed by atoms with E-state index in [1.165, 1.54) is 20.7 Å². The van der Waals surface area contributed by atoms with Gasteiger partial charge in [-0.3, -0.25) is 9.59 Å². The first kappa shape index (κ1) is 21.1. The van der Waals surface area contributed by atoms with Crippen LogP contribution in [0.3, 0.4) is 0 Å². The van der Waals surface area contributed by atoms with Crippen LogP contribution in [-0.2, 0) is 7.05 Å². The molecule has 1 amide bonds. The van der Waals surface area contributed by atoms with Crippen molar-refractivity contribution in [1.29, 1.82) is 0 Å². The van der Waals surface area contributed by atoms with Crippen LogP contribution in [0.5, 0.6) is 0 Å². The number of quaternary nitrogens is 1. The summed E-state index contributed by atoms with van der Waals surface area (Å²) in [6.07, 6.45) is 0. The maximum Gasteiger partial charge on any atom is 0.275 e. The van der Waals surface area contributed by atoms with Crippen molar-refractivity contribution < 1.29 is 9.69 Å². The van der Waals surface area contributed by atoms with Gasteiger partial charge in [0.25, 0.3) is 11.5 Å². The lowest BCUT2D eigenvalue weighted by atomic mass is 9.96. The zero-order chi connectivity index (χ0) is 22.8. The van der Waals surface area contributed by atoms with E-state index in [1.54, 1.807) is 19.2 Å². The Morgan fingerprint density at radius 1 is 0.818 bits per heavy atom. The molecule has 0 aliphatic carbocycles. The van der Waals surface area contributed by atoms with E-state index in [-0.39, 0.29) is 17.5 Å². The molecule has 5 rings (SSSR count). The van der Waals surface area contributed by atoms with Gasteiger partial charge < -0.3 is 9.80 Å². The summed E-state index contributed by atoms with van der Waals surface area (Å²) in [7, 11) is 1.60. The monoisotopic (exact) mass is 439 g/mol. The summed E-state index contributed by atoms with van der Waals surface area (Å²) in [5.41, 5.74) is 2.72. The first-order valence-electron chi connectivity index (χ1n) is 11.3. The SMILES string of the molecule is Cn1nc(C(=O)N2CC[NH+](C(c3ccccc3)c3ccccc3)CC2)c2ccccc2c1=O. The Morgan fingerprint density at radius 3 is 1.91 bits per heavy atom. The van der Waals surface area contributed by atoms with Crippen molar-refractivity contribution in [2.45, 2.75) is 6.04 Å². The molecule has 1 fully saturated rings. The molecule has 6 nitrogen and oxygen atoms in total. The first-order valence-corrected chi connectivity index (χ1v) is 11.3. The van der Waals surface area contributed by atoms with Gasteiger partial charge in [-0.1, -0.05) is 78.9 Å². The quantitative estimate of drug-likeness (QED) is 0.530. The standard InChI is InChI=1S/C27H26N4O2/c1-29-26(32)23-15-9-8-14-22(23)24(28-29)27(33)31-18-16-30(17-19-31)25(20-10-4-2-5-11-20)21-12-6-3-7-13-21/h2-15,25H,16-19H2,1H3/p+1. The van der Waals surface area contributed by atoms with Crippen LogP contribution in [0.15, 0.2) is 89.7 Å². The van der Waals surface area contributed by atoms with Crippen molar-refractivity contribution in [1.82, 2.24) is 14.7 Å². The highest BCUT2D eigenvalue weighted by Gasteiger charge is 2.32. The molecule has 0 bridgehead atoms. The molecular weight excluding hydrogens is 412 g/mol. The first-order chi connectivity index (χ1) is 16.1. The van der Waals surface area contributed by atoms with Crippen molar-refractivity contribution in [2.24, 2.45) is 7.05 Å². The van der Waals surface area contributed by atoms with Gasteiger partial charge >= 0.3 is 0 Å². The molecule has 6 heteroatoms. The zero-order valence-electron chi connectivity index (χ0n) is 18.6. The number of hydrogen-bond acceptors (Lipinski definition) is 3. The number of nitrogens with zero attached hydrogens (tertiary/aromatic N) is 3. The number of carbonyl (C=O) groups is 1. The van der Waals surface area contributed by atoms with Gasteiger partial charge in [0, 0.05) is 23.6 Å². The molecule has 1 aromatic heterocycles. The van der Waals surface area contributed by atoms with E-state index in [0.717, 1.165) is 13.1 Å². The molecule has 0 unspecified atom stereocenters. The number of aryl methyl sites for hydroxylation is 1. The van der Waals surface area contributed by atoms with E-state index in [1.807, 2.05) is 29.2 Å². The Morgan fingerprint density at radius 2 is 1.33 bits per heavy atom. The van der Waals surface area contributed by atoms with E-state index in [0.29, 0.717) is 29.6 Å². The van der Waals surface area contributed by atoms with Gasteiger partial charge in [-0.25, -0.2) is 4.68 Å². The number of carbonyl (C=O) groups excluding carboxylic acids is 1. The molecule has 0 spiro atoms. The highest BCUT2D eigenvalue weighted by atomic mass is 16.2. The van der Waals surface area contributed by atoms with Crippen molar-refractivity contribution >= 4 is 16.7 Å². The maximum atomic E-state index is 13.4. The number of benzene rings is 3. The van der Waals surface area contributed by atoms with Crippen molar-refractivity contribution in [3.63, 3.8) is 0 Å². The Labute approximate surface area is 192 Å². The molecule has 33 heavy (non-hydrogen) atoms. The predicted molar refractivity (Wildman–Crippen MR) is 128 cm³/mol. The van der Waals surface area contributed by atoms with Gasteiger partial charge in [0.05, 0.1) is 31.6 Å². The number of piperazine rings is 1. The number of amides is 1. The Balaban J connectivity index is 1.40. The minimum absolute atomic E-state index is 0.114. The van der Waals surface area contributed by atoms with Gasteiger partial charge in [0.1, 0.15) is 6.04 Å². The summed E-state index contributed by atoms with van der Waals surface area (Å²) >= 11 is 0. The van der Waals surface area contributed by atoms with E-state index in [4.69, 9.17) is 0 Å². The van der Waals surface area contributed by atoms with Gasteiger partial charge in [0.2, 0.25) is 0 Å². The fourth-order valence-electron chi connectivity index (χ4n) is 4.85. The van der Waals surface area contributed by atoms with Crippen LogP contribution in [0.25, 0.3) is 10.8 Å². The number of nitrogens with one attached hydrogen (secondary N) is 1. The number of hydrogen-bond donors (Lipinski definition) is 1. The van der Waals surface area contributed by atoms with Crippen LogP contribution in [0.2, 0.25) is 0 Å². The van der Waals surface area contributed by atoms with Gasteiger partial charge in [-0.2, -0.15) is 5.10 Å². The number of aromatic nitrogens is 2. The fourth-order valence-corrected chi connectivity index (χ4v) is 4.85. The molecule has 0 radical (unpaired) electrons. The molecule has 2 heterocycles. The van der Waals surface area contributed by atoms with Crippen LogP contribution in [0, 0.1) is 0 Å². The van der Waals surface area contributed by atoms with Crippen LogP contribution < -0.4 is 10.5 Å². The summed E-state index contributed by atoms with van der Waals surface area (Å²) in [6.45, 7) is 2.96. The van der Waals surface area contributed by atoms with Crippen LogP contribution >= 0.6 is 0 Å². The average Bonchev–Trinajstić information content (AvgIpc) is 2.88. The van der Waals surface area contributed by atoms with Gasteiger partial charge in [-0.15, -0.1) is 0 Å². The minimum atomic E-state index is -0.190. The highest BCUT2D eigenvalue weighted by Crippen LogP contribution is 2.20. The Kier molecular flexibility index (Phi) is 5.75. The number of fused-ring (bicyclic) bond motifs is 1. The topological polar surface area (TPSA) is 59.6 Å². The van der Waals surface area contributed by atoms with Crippen molar-refractivity contribution in [3.8, 4) is 0 Å². The minimum Gasteiger partial charge on any atom is -0.326 e. The lowest BCUT2D eigenvalue weighted by molar-refractivity contribution is -0.929. The lowest BCUT2D eigenvalue weighted by Gasteiger charge is -2.37. The second kappa shape index (κ2) is 9.00. The zero-order valence-corrected chi connectivity index (χ0v) is 18.6. The molecular formula is C27H27N4O2+. The third kappa shape index (κ3) is 4.05. The third-order valence-corrected chi connectivity index (χ3v) is 6.53. The van der Waals surface area contributed by atoms with Crippen molar-refractivity contribution in [2.75, 3.05) is 26.2 Å². The normalized spacial score (nSPS) is 14.7. The molecule has 1 aliphatic rings. The average molecular weight is 440 g/mol. The van der Waals surface area contributed by atoms with E-state index in [2.05, 4.69) is 53.6 Å². The predicted octanol–water partition coefficient (Wildman–Crippen LogP) is 2.06. The molecule has 166 valence electrons. The van der Waals surface area contributed by atoms with Crippen molar-refractivity contribution in [3.05, 3.63) is 112 Å². The molecule has 1 saturated heterocycles. The van der Waals surface area contributed by atoms with Crippen LogP contribution in [-0.4, -0.2) is 46.8 Å². The second-order valence-electron chi connectivity index (χ2n) is 8.53. The molecule has 3 aromatic carbocycles. The summed E-state index contributed by atoms with van der Waals surface area (Å²) in [6, 6.07) is 28.6. The summed E-state index contributed by atoms with van der Waals surface area (Å²) < 4.78 is 1.26. The lowest BCUT2D eigenvalue weighted by Crippen LogP contribution is -3.15. The molecule has 1 aliphatic heterocycles. The van der Waals surface area contributed by atoms with Crippen LogP contribution in [0.1, 0.15) is 27.7 Å². The van der Waals surface area contributed by atoms with E-state index < -0.39 is 0 Å². The molecule has 0 atom stereocenters. The summed E-state index contributed by atoms with van der Waals surface area (Å²) in [5.74, 6) is -0.114. The second-order valence-corrected chi connectivity index (χ2v) is 8.53. The Hall–Kier alpha value is -3.77. The number of rotatable bonds is 4. The fraction of sp³-hybridized carbons (Fsp3) is 0.222. The smallest absolute Gasteiger partial charge is 0.275 e. The molecule has 0 saturated carbocycles. The van der Waals surface area contributed by atoms with E-state index >= 15 is 0 Å². The van der Waals surface area contributed by atoms with Gasteiger partial charge in [0.15, 0.2) is 5.69 Å². The molecule has 4 aromatic rings. The maximum absolute atomic E-state index is 13.4.